The van der Waals surface area contributed by atoms with Crippen molar-refractivity contribution in [2.45, 2.75) is 57.5 Å². The lowest BCUT2D eigenvalue weighted by Crippen LogP contribution is -2.50. The molecule has 1 heterocycles. The van der Waals surface area contributed by atoms with Gasteiger partial charge in [0.1, 0.15) is 0 Å². The maximum absolute atomic E-state index is 11.3. The average Bonchev–Trinajstić information content (AvgIpc) is 2.72. The van der Waals surface area contributed by atoms with E-state index in [4.69, 9.17) is 4.84 Å². The van der Waals surface area contributed by atoms with E-state index in [-0.39, 0.29) is 5.41 Å². The number of nitrogens with zero attached hydrogens (tertiary/aromatic N) is 1. The molecule has 0 saturated heterocycles. The molecule has 0 radical (unpaired) electrons. The quantitative estimate of drug-likeness (QED) is 0.833. The van der Waals surface area contributed by atoms with Crippen molar-refractivity contribution in [1.82, 2.24) is 0 Å². The van der Waals surface area contributed by atoms with E-state index in [2.05, 4.69) is 5.16 Å². The third-order valence-electron chi connectivity index (χ3n) is 5.96. The molecule has 0 spiro atoms. The molecule has 5 aliphatic rings. The van der Waals surface area contributed by atoms with Crippen LogP contribution in [-0.2, 0) is 9.63 Å². The minimum atomic E-state index is -1.13. The molecule has 1 N–H and O–H groups in total. The molecule has 0 aromatic rings. The highest BCUT2D eigenvalue weighted by Gasteiger charge is 2.56. The zero-order valence-electron chi connectivity index (χ0n) is 11.4. The van der Waals surface area contributed by atoms with Gasteiger partial charge in [0.2, 0.25) is 5.60 Å². The van der Waals surface area contributed by atoms with Gasteiger partial charge in [-0.05, 0) is 63.2 Å². The molecule has 4 fully saturated rings. The third kappa shape index (κ3) is 1.58. The first-order valence-electron chi connectivity index (χ1n) is 7.48. The predicted octanol–water partition coefficient (Wildman–Crippen LogP) is 2.82. The Labute approximate surface area is 113 Å². The molecule has 5 rings (SSSR count). The Morgan fingerprint density at radius 1 is 1.21 bits per heavy atom. The second-order valence-electron chi connectivity index (χ2n) is 7.54. The number of oxime groups is 1. The minimum absolute atomic E-state index is 0.182. The van der Waals surface area contributed by atoms with Gasteiger partial charge in [-0.25, -0.2) is 4.79 Å². The average molecular weight is 263 g/mol. The molecule has 0 aromatic heterocycles. The molecule has 4 aliphatic carbocycles. The van der Waals surface area contributed by atoms with Crippen LogP contribution >= 0.6 is 0 Å². The Kier molecular flexibility index (Phi) is 2.18. The molecule has 1 unspecified atom stereocenters. The van der Waals surface area contributed by atoms with Gasteiger partial charge in [0.15, 0.2) is 0 Å². The van der Waals surface area contributed by atoms with E-state index in [1.807, 2.05) is 0 Å². The Balaban J connectivity index is 1.62. The van der Waals surface area contributed by atoms with Crippen LogP contribution in [0.25, 0.3) is 0 Å². The smallest absolute Gasteiger partial charge is 0.351 e. The van der Waals surface area contributed by atoms with Crippen molar-refractivity contribution < 1.29 is 14.7 Å². The standard InChI is InChI=1S/C15H21NO3/c1-14(13(17)18)8-12(16-19-14)15-5-9-2-10(6-15)4-11(3-9)7-15/h9-11H,2-8H2,1H3,(H,17,18). The molecule has 4 bridgehead atoms. The van der Waals surface area contributed by atoms with Gasteiger partial charge in [0, 0.05) is 11.8 Å². The first-order valence-corrected chi connectivity index (χ1v) is 7.48. The van der Waals surface area contributed by atoms with Crippen LogP contribution in [0.3, 0.4) is 0 Å². The van der Waals surface area contributed by atoms with Crippen molar-refractivity contribution in [3.8, 4) is 0 Å². The van der Waals surface area contributed by atoms with Crippen molar-refractivity contribution in [2.24, 2.45) is 28.3 Å². The van der Waals surface area contributed by atoms with Crippen LogP contribution in [0.4, 0.5) is 0 Å². The van der Waals surface area contributed by atoms with Gasteiger partial charge in [-0.3, -0.25) is 0 Å². The van der Waals surface area contributed by atoms with Crippen molar-refractivity contribution in [3.05, 3.63) is 0 Å². The lowest BCUT2D eigenvalue weighted by molar-refractivity contribution is -0.160. The van der Waals surface area contributed by atoms with E-state index in [1.165, 1.54) is 38.5 Å². The number of carboxylic acids is 1. The monoisotopic (exact) mass is 263 g/mol. The Morgan fingerprint density at radius 2 is 1.74 bits per heavy atom. The number of carbonyl (C=O) groups is 1. The molecule has 0 aromatic carbocycles. The third-order valence-corrected chi connectivity index (χ3v) is 5.96. The fourth-order valence-corrected chi connectivity index (χ4v) is 5.40. The van der Waals surface area contributed by atoms with E-state index in [0.717, 1.165) is 23.5 Å². The number of hydrogen-bond acceptors (Lipinski definition) is 3. The summed E-state index contributed by atoms with van der Waals surface area (Å²) in [6.07, 6.45) is 8.32. The van der Waals surface area contributed by atoms with Gasteiger partial charge in [0.05, 0.1) is 5.71 Å². The zero-order valence-corrected chi connectivity index (χ0v) is 11.4. The Bertz CT molecular complexity index is 435. The van der Waals surface area contributed by atoms with Gasteiger partial charge in [-0.2, -0.15) is 0 Å². The van der Waals surface area contributed by atoms with Crippen molar-refractivity contribution in [3.63, 3.8) is 0 Å². The number of rotatable bonds is 2. The predicted molar refractivity (Wildman–Crippen MR) is 69.8 cm³/mol. The van der Waals surface area contributed by atoms with E-state index in [1.54, 1.807) is 6.92 Å². The molecule has 1 aliphatic heterocycles. The highest BCUT2D eigenvalue weighted by Crippen LogP contribution is 2.61. The molecule has 104 valence electrons. The summed E-state index contributed by atoms with van der Waals surface area (Å²) in [6, 6.07) is 0. The number of aliphatic carboxylic acids is 1. The second-order valence-corrected chi connectivity index (χ2v) is 7.54. The summed E-state index contributed by atoms with van der Waals surface area (Å²) in [6.45, 7) is 1.65. The highest BCUT2D eigenvalue weighted by molar-refractivity contribution is 5.96. The summed E-state index contributed by atoms with van der Waals surface area (Å²) in [5.41, 5.74) is 0.108. The first kappa shape index (κ1) is 11.7. The van der Waals surface area contributed by atoms with Crippen LogP contribution in [0.1, 0.15) is 51.9 Å². The fraction of sp³-hybridized carbons (Fsp3) is 0.867. The zero-order chi connectivity index (χ0) is 13.3. The van der Waals surface area contributed by atoms with Gasteiger partial charge in [-0.15, -0.1) is 0 Å². The van der Waals surface area contributed by atoms with Gasteiger partial charge in [-0.1, -0.05) is 5.16 Å². The second kappa shape index (κ2) is 3.53. The fourth-order valence-electron chi connectivity index (χ4n) is 5.40. The molecule has 4 heteroatoms. The number of carboxylic acid groups (broad SMARTS) is 1. The molecule has 19 heavy (non-hydrogen) atoms. The first-order chi connectivity index (χ1) is 8.99. The van der Waals surface area contributed by atoms with E-state index in [0.29, 0.717) is 6.42 Å². The SMILES string of the molecule is CC1(C(=O)O)CC(C23CC4CC(CC(C4)C2)C3)=NO1. The molecule has 4 saturated carbocycles. The maximum atomic E-state index is 11.3. The van der Waals surface area contributed by atoms with Gasteiger partial charge >= 0.3 is 5.97 Å². The summed E-state index contributed by atoms with van der Waals surface area (Å²) in [5.74, 6) is 1.66. The van der Waals surface area contributed by atoms with Crippen molar-refractivity contribution >= 4 is 11.7 Å². The Morgan fingerprint density at radius 3 is 2.16 bits per heavy atom. The van der Waals surface area contributed by atoms with Crippen LogP contribution < -0.4 is 0 Å². The van der Waals surface area contributed by atoms with E-state index in [9.17, 15) is 9.90 Å². The molecule has 0 amide bonds. The summed E-state index contributed by atoms with van der Waals surface area (Å²) < 4.78 is 0. The van der Waals surface area contributed by atoms with E-state index >= 15 is 0 Å². The maximum Gasteiger partial charge on any atom is 0.351 e. The molecular formula is C15H21NO3. The molecular weight excluding hydrogens is 242 g/mol. The number of hydrogen-bond donors (Lipinski definition) is 1. The largest absolute Gasteiger partial charge is 0.478 e. The highest BCUT2D eigenvalue weighted by atomic mass is 16.7. The van der Waals surface area contributed by atoms with Crippen LogP contribution in [0.5, 0.6) is 0 Å². The van der Waals surface area contributed by atoms with Crippen molar-refractivity contribution in [2.75, 3.05) is 0 Å². The summed E-state index contributed by atoms with van der Waals surface area (Å²) in [4.78, 5) is 16.6. The lowest BCUT2D eigenvalue weighted by atomic mass is 9.48. The molecule has 1 atom stereocenters. The van der Waals surface area contributed by atoms with Gasteiger partial charge in [0.25, 0.3) is 0 Å². The summed E-state index contributed by atoms with van der Waals surface area (Å²) in [7, 11) is 0. The molecule has 4 nitrogen and oxygen atoms in total. The van der Waals surface area contributed by atoms with Crippen molar-refractivity contribution in [1.29, 1.82) is 0 Å². The lowest BCUT2D eigenvalue weighted by Gasteiger charge is -2.56. The van der Waals surface area contributed by atoms with Crippen LogP contribution in [-0.4, -0.2) is 22.4 Å². The van der Waals surface area contributed by atoms with Crippen LogP contribution in [0, 0.1) is 23.2 Å². The summed E-state index contributed by atoms with van der Waals surface area (Å²) >= 11 is 0. The van der Waals surface area contributed by atoms with Crippen LogP contribution in [0.15, 0.2) is 5.16 Å². The minimum Gasteiger partial charge on any atom is -0.478 e. The van der Waals surface area contributed by atoms with E-state index < -0.39 is 11.6 Å². The summed E-state index contributed by atoms with van der Waals surface area (Å²) in [5, 5.41) is 13.5. The topological polar surface area (TPSA) is 58.9 Å². The van der Waals surface area contributed by atoms with Gasteiger partial charge < -0.3 is 9.94 Å². The van der Waals surface area contributed by atoms with Crippen LogP contribution in [0.2, 0.25) is 0 Å². The Hall–Kier alpha value is -1.06. The normalized spacial score (nSPS) is 51.0.